The van der Waals surface area contributed by atoms with Crippen LogP contribution in [0.15, 0.2) is 194 Å². The SMILES string of the molecule is CCC1(c2nc(-c3ccccc3)nc(-c3cccc(-c4ccccc4)c3)n2)Cc2ccccc2-c2ccc3c(c21)-c1ccccc1C31c2ccccc2-c2ccccc21. The van der Waals surface area contributed by atoms with E-state index in [1.807, 2.05) is 6.07 Å². The molecule has 0 radical (unpaired) electrons. The van der Waals surface area contributed by atoms with Crippen molar-refractivity contribution in [3.8, 4) is 67.3 Å². The lowest BCUT2D eigenvalue weighted by Gasteiger charge is -2.41. The lowest BCUT2D eigenvalue weighted by molar-refractivity contribution is 0.458. The minimum atomic E-state index is -0.580. The molecule has 3 aliphatic rings. The summed E-state index contributed by atoms with van der Waals surface area (Å²) in [4.78, 5) is 16.5. The molecular formula is C56H39N3. The van der Waals surface area contributed by atoms with Crippen molar-refractivity contribution >= 4 is 0 Å². The molecule has 1 atom stereocenters. The molecule has 8 aromatic carbocycles. The molecule has 3 aliphatic carbocycles. The highest BCUT2D eigenvalue weighted by molar-refractivity contribution is 5.99. The third kappa shape index (κ3) is 4.73. The van der Waals surface area contributed by atoms with Gasteiger partial charge in [-0.25, -0.2) is 15.0 Å². The van der Waals surface area contributed by atoms with Crippen LogP contribution in [-0.2, 0) is 17.3 Å². The number of hydrogen-bond acceptors (Lipinski definition) is 3. The molecule has 278 valence electrons. The van der Waals surface area contributed by atoms with Crippen LogP contribution in [-0.4, -0.2) is 15.0 Å². The molecule has 0 aliphatic heterocycles. The van der Waals surface area contributed by atoms with E-state index in [1.165, 1.54) is 66.8 Å². The maximum atomic E-state index is 5.62. The largest absolute Gasteiger partial charge is 0.212 e. The second kappa shape index (κ2) is 12.9. The summed E-state index contributed by atoms with van der Waals surface area (Å²) in [7, 11) is 0. The molecule has 9 aromatic rings. The Kier molecular flexibility index (Phi) is 7.40. The summed E-state index contributed by atoms with van der Waals surface area (Å²) in [5, 5.41) is 0. The van der Waals surface area contributed by atoms with Crippen molar-refractivity contribution in [2.24, 2.45) is 0 Å². The van der Waals surface area contributed by atoms with Crippen molar-refractivity contribution in [3.63, 3.8) is 0 Å². The van der Waals surface area contributed by atoms with Crippen LogP contribution in [0.3, 0.4) is 0 Å². The van der Waals surface area contributed by atoms with Gasteiger partial charge in [0, 0.05) is 11.1 Å². The second-order valence-corrected chi connectivity index (χ2v) is 16.2. The molecule has 1 unspecified atom stereocenters. The van der Waals surface area contributed by atoms with E-state index in [1.54, 1.807) is 0 Å². The highest BCUT2D eigenvalue weighted by Gasteiger charge is 2.55. The number of benzene rings is 8. The van der Waals surface area contributed by atoms with Crippen LogP contribution >= 0.6 is 0 Å². The van der Waals surface area contributed by atoms with Crippen LogP contribution in [0.2, 0.25) is 0 Å². The molecule has 1 spiro atoms. The van der Waals surface area contributed by atoms with Crippen LogP contribution in [0.5, 0.6) is 0 Å². The van der Waals surface area contributed by atoms with Crippen LogP contribution in [0.25, 0.3) is 67.3 Å². The summed E-state index contributed by atoms with van der Waals surface area (Å²) < 4.78 is 0. The Labute approximate surface area is 344 Å². The van der Waals surface area contributed by atoms with Gasteiger partial charge in [0.2, 0.25) is 0 Å². The number of fused-ring (bicyclic) bond motifs is 14. The van der Waals surface area contributed by atoms with Gasteiger partial charge in [0.25, 0.3) is 0 Å². The van der Waals surface area contributed by atoms with Crippen molar-refractivity contribution in [2.45, 2.75) is 30.6 Å². The van der Waals surface area contributed by atoms with Gasteiger partial charge >= 0.3 is 0 Å². The molecule has 3 heteroatoms. The maximum Gasteiger partial charge on any atom is 0.163 e. The van der Waals surface area contributed by atoms with E-state index in [4.69, 9.17) is 15.0 Å². The quantitative estimate of drug-likeness (QED) is 0.176. The standard InChI is InChI=1S/C56H39N3/c1-2-55(54-58-52(37-20-7-4-8-21-37)57-53(59-54)39-24-17-23-38(34-39)36-18-5-3-6-19-36)35-40-22-9-10-25-41(40)44-32-33-49-50(51(44)55)45-28-13-16-31-48(45)56(49)46-29-14-11-26-42(46)43-27-12-15-30-47(43)56/h3-34H,2,35H2,1H3. The summed E-state index contributed by atoms with van der Waals surface area (Å²) in [5.74, 6) is 2.18. The first-order valence-electron chi connectivity index (χ1n) is 20.7. The minimum Gasteiger partial charge on any atom is -0.212 e. The maximum absolute atomic E-state index is 5.62. The Morgan fingerprint density at radius 3 is 1.61 bits per heavy atom. The van der Waals surface area contributed by atoms with E-state index in [2.05, 4.69) is 195 Å². The van der Waals surface area contributed by atoms with Gasteiger partial charge in [0.1, 0.15) is 5.82 Å². The van der Waals surface area contributed by atoms with Gasteiger partial charge in [-0.05, 0) is 96.8 Å². The second-order valence-electron chi connectivity index (χ2n) is 16.2. The molecule has 1 heterocycles. The summed E-state index contributed by atoms with van der Waals surface area (Å²) in [5.41, 5.74) is 18.9. The predicted octanol–water partition coefficient (Wildman–Crippen LogP) is 13.1. The summed E-state index contributed by atoms with van der Waals surface area (Å²) in [6.45, 7) is 2.33. The van der Waals surface area contributed by atoms with Gasteiger partial charge in [0.15, 0.2) is 11.6 Å². The fraction of sp³-hybridized carbons (Fsp3) is 0.0893. The normalized spacial score (nSPS) is 16.1. The first-order chi connectivity index (χ1) is 29.2. The number of nitrogens with zero attached hydrogens (tertiary/aromatic N) is 3. The molecule has 0 saturated carbocycles. The Balaban J connectivity index is 1.18. The third-order valence-corrected chi connectivity index (χ3v) is 13.4. The Morgan fingerprint density at radius 1 is 0.407 bits per heavy atom. The van der Waals surface area contributed by atoms with E-state index < -0.39 is 10.8 Å². The van der Waals surface area contributed by atoms with Gasteiger partial charge in [-0.3, -0.25) is 0 Å². The van der Waals surface area contributed by atoms with Gasteiger partial charge in [-0.1, -0.05) is 195 Å². The zero-order valence-electron chi connectivity index (χ0n) is 32.7. The van der Waals surface area contributed by atoms with Crippen LogP contribution < -0.4 is 0 Å². The van der Waals surface area contributed by atoms with Gasteiger partial charge in [-0.15, -0.1) is 0 Å². The van der Waals surface area contributed by atoms with Crippen molar-refractivity contribution in [3.05, 3.63) is 233 Å². The van der Waals surface area contributed by atoms with Crippen LogP contribution in [0.4, 0.5) is 0 Å². The zero-order chi connectivity index (χ0) is 39.1. The fourth-order valence-electron chi connectivity index (χ4n) is 10.8. The predicted molar refractivity (Wildman–Crippen MR) is 239 cm³/mol. The molecule has 59 heavy (non-hydrogen) atoms. The molecule has 0 saturated heterocycles. The van der Waals surface area contributed by atoms with E-state index >= 15 is 0 Å². The Hall–Kier alpha value is -7.23. The summed E-state index contributed by atoms with van der Waals surface area (Å²) in [6.07, 6.45) is 1.57. The molecule has 3 nitrogen and oxygen atoms in total. The van der Waals surface area contributed by atoms with Gasteiger partial charge < -0.3 is 0 Å². The van der Waals surface area contributed by atoms with Gasteiger partial charge in [0.05, 0.1) is 10.8 Å². The third-order valence-electron chi connectivity index (χ3n) is 13.4. The van der Waals surface area contributed by atoms with E-state index in [-0.39, 0.29) is 0 Å². The zero-order valence-corrected chi connectivity index (χ0v) is 32.7. The Bertz CT molecular complexity index is 3080. The van der Waals surface area contributed by atoms with Crippen molar-refractivity contribution < 1.29 is 0 Å². The van der Waals surface area contributed by atoms with E-state index in [0.717, 1.165) is 40.9 Å². The molecule has 0 bridgehead atoms. The lowest BCUT2D eigenvalue weighted by atomic mass is 9.62. The van der Waals surface area contributed by atoms with Crippen molar-refractivity contribution in [1.82, 2.24) is 15.0 Å². The minimum absolute atomic E-state index is 0.456. The first-order valence-corrected chi connectivity index (χ1v) is 20.7. The lowest BCUT2D eigenvalue weighted by Crippen LogP contribution is -2.37. The highest BCUT2D eigenvalue weighted by atomic mass is 15.0. The fourth-order valence-corrected chi connectivity index (χ4v) is 10.8. The van der Waals surface area contributed by atoms with Crippen LogP contribution in [0.1, 0.15) is 52.5 Å². The average molecular weight is 754 g/mol. The topological polar surface area (TPSA) is 38.7 Å². The smallest absolute Gasteiger partial charge is 0.163 e. The highest BCUT2D eigenvalue weighted by Crippen LogP contribution is 2.66. The summed E-state index contributed by atoms with van der Waals surface area (Å²) >= 11 is 0. The molecule has 12 rings (SSSR count). The van der Waals surface area contributed by atoms with E-state index in [9.17, 15) is 0 Å². The molecule has 1 aromatic heterocycles. The molecule has 0 amide bonds. The molecule has 0 fully saturated rings. The number of rotatable bonds is 5. The molecule has 0 N–H and O–H groups in total. The molecular weight excluding hydrogens is 715 g/mol. The monoisotopic (exact) mass is 753 g/mol. The summed E-state index contributed by atoms with van der Waals surface area (Å²) in [6, 6.07) is 70.7. The van der Waals surface area contributed by atoms with Gasteiger partial charge in [-0.2, -0.15) is 0 Å². The Morgan fingerprint density at radius 2 is 0.932 bits per heavy atom. The van der Waals surface area contributed by atoms with Crippen molar-refractivity contribution in [1.29, 1.82) is 0 Å². The number of aromatic nitrogens is 3. The average Bonchev–Trinajstić information content (AvgIpc) is 3.79. The first kappa shape index (κ1) is 33.9. The van der Waals surface area contributed by atoms with Crippen LogP contribution in [0, 0.1) is 0 Å². The van der Waals surface area contributed by atoms with Crippen molar-refractivity contribution in [2.75, 3.05) is 0 Å². The number of hydrogen-bond donors (Lipinski definition) is 0. The van der Waals surface area contributed by atoms with E-state index in [0.29, 0.717) is 11.6 Å².